The van der Waals surface area contributed by atoms with E-state index in [2.05, 4.69) is 22.7 Å². The van der Waals surface area contributed by atoms with Gasteiger partial charge in [-0.25, -0.2) is 4.68 Å². The topological polar surface area (TPSA) is 76.0 Å². The minimum absolute atomic E-state index is 0.0598. The quantitative estimate of drug-likeness (QED) is 0.849. The highest BCUT2D eigenvalue weighted by Gasteiger charge is 2.38. The Morgan fingerprint density at radius 1 is 1.24 bits per heavy atom. The molecule has 1 aliphatic rings. The number of carbonyl (C=O) groups is 2. The SMILES string of the molecule is Cc1nn(-c2ccccc2)c(C)c1NC(=O)CCNC(=O)C1CC1C. The van der Waals surface area contributed by atoms with Gasteiger partial charge in [-0.3, -0.25) is 9.59 Å². The highest BCUT2D eigenvalue weighted by Crippen LogP contribution is 2.37. The van der Waals surface area contributed by atoms with E-state index in [0.29, 0.717) is 12.5 Å². The first-order valence-electron chi connectivity index (χ1n) is 8.66. The molecule has 2 N–H and O–H groups in total. The Balaban J connectivity index is 1.58. The van der Waals surface area contributed by atoms with Gasteiger partial charge in [0, 0.05) is 18.9 Å². The van der Waals surface area contributed by atoms with Crippen LogP contribution < -0.4 is 10.6 Å². The maximum absolute atomic E-state index is 12.2. The summed E-state index contributed by atoms with van der Waals surface area (Å²) in [7, 11) is 0. The molecule has 6 nitrogen and oxygen atoms in total. The van der Waals surface area contributed by atoms with Gasteiger partial charge in [0.15, 0.2) is 0 Å². The number of anilines is 1. The van der Waals surface area contributed by atoms with Crippen molar-refractivity contribution in [3.05, 3.63) is 41.7 Å². The highest BCUT2D eigenvalue weighted by molar-refractivity contribution is 5.92. The lowest BCUT2D eigenvalue weighted by molar-refractivity contribution is -0.122. The summed E-state index contributed by atoms with van der Waals surface area (Å²) in [5.41, 5.74) is 3.34. The number of aryl methyl sites for hydroxylation is 1. The fraction of sp³-hybridized carbons (Fsp3) is 0.421. The van der Waals surface area contributed by atoms with Crippen LogP contribution in [0.15, 0.2) is 30.3 Å². The molecule has 1 aromatic carbocycles. The van der Waals surface area contributed by atoms with E-state index >= 15 is 0 Å². The van der Waals surface area contributed by atoms with Crippen molar-refractivity contribution in [3.63, 3.8) is 0 Å². The first kappa shape index (κ1) is 17.2. The summed E-state index contributed by atoms with van der Waals surface area (Å²) in [5.74, 6) is 0.548. The second-order valence-electron chi connectivity index (χ2n) is 6.70. The van der Waals surface area contributed by atoms with Gasteiger partial charge >= 0.3 is 0 Å². The number of hydrogen-bond donors (Lipinski definition) is 2. The molecular formula is C19H24N4O2. The van der Waals surface area contributed by atoms with E-state index in [1.807, 2.05) is 48.9 Å². The molecule has 3 rings (SSSR count). The van der Waals surface area contributed by atoms with Gasteiger partial charge in [-0.15, -0.1) is 0 Å². The number of carbonyl (C=O) groups excluding carboxylic acids is 2. The Hall–Kier alpha value is -2.63. The van der Waals surface area contributed by atoms with Gasteiger partial charge in [-0.2, -0.15) is 5.10 Å². The van der Waals surface area contributed by atoms with E-state index in [-0.39, 0.29) is 24.2 Å². The number of nitrogens with zero attached hydrogens (tertiary/aromatic N) is 2. The number of rotatable bonds is 6. The lowest BCUT2D eigenvalue weighted by Crippen LogP contribution is -2.29. The van der Waals surface area contributed by atoms with Gasteiger partial charge in [0.1, 0.15) is 0 Å². The number of amides is 2. The fourth-order valence-corrected chi connectivity index (χ4v) is 2.96. The van der Waals surface area contributed by atoms with E-state index in [1.54, 1.807) is 0 Å². The molecule has 2 aromatic rings. The molecule has 1 fully saturated rings. The summed E-state index contributed by atoms with van der Waals surface area (Å²) in [4.78, 5) is 24.0. The standard InChI is InChI=1S/C19H24N4O2/c1-12-11-16(12)19(25)20-10-9-17(24)21-18-13(2)22-23(14(18)3)15-7-5-4-6-8-15/h4-8,12,16H,9-11H2,1-3H3,(H,20,25)(H,21,24). The molecule has 6 heteroatoms. The summed E-state index contributed by atoms with van der Waals surface area (Å²) < 4.78 is 1.82. The second kappa shape index (κ2) is 7.09. The lowest BCUT2D eigenvalue weighted by atomic mass is 10.2. The maximum atomic E-state index is 12.2. The van der Waals surface area contributed by atoms with Crippen LogP contribution in [-0.2, 0) is 9.59 Å². The van der Waals surface area contributed by atoms with Gasteiger partial charge in [0.05, 0.1) is 22.8 Å². The van der Waals surface area contributed by atoms with Crippen molar-refractivity contribution >= 4 is 17.5 Å². The molecule has 1 aromatic heterocycles. The van der Waals surface area contributed by atoms with Crippen LogP contribution in [0.25, 0.3) is 5.69 Å². The monoisotopic (exact) mass is 340 g/mol. The van der Waals surface area contributed by atoms with Crippen molar-refractivity contribution in [2.24, 2.45) is 11.8 Å². The molecule has 0 aliphatic heterocycles. The van der Waals surface area contributed by atoms with Crippen molar-refractivity contribution in [1.29, 1.82) is 0 Å². The third-order valence-electron chi connectivity index (χ3n) is 4.65. The Bertz CT molecular complexity index is 782. The first-order valence-corrected chi connectivity index (χ1v) is 8.66. The normalized spacial score (nSPS) is 18.7. The summed E-state index contributed by atoms with van der Waals surface area (Å²) >= 11 is 0. The molecule has 1 saturated carbocycles. The summed E-state index contributed by atoms with van der Waals surface area (Å²) in [6, 6.07) is 9.80. The van der Waals surface area contributed by atoms with Crippen LogP contribution in [0.1, 0.15) is 31.2 Å². The van der Waals surface area contributed by atoms with Crippen LogP contribution >= 0.6 is 0 Å². The highest BCUT2D eigenvalue weighted by atomic mass is 16.2. The van der Waals surface area contributed by atoms with E-state index < -0.39 is 0 Å². The Morgan fingerprint density at radius 3 is 2.56 bits per heavy atom. The molecule has 2 amide bonds. The number of hydrogen-bond acceptors (Lipinski definition) is 3. The maximum Gasteiger partial charge on any atom is 0.226 e. The predicted molar refractivity (Wildman–Crippen MR) is 96.6 cm³/mol. The van der Waals surface area contributed by atoms with Crippen molar-refractivity contribution in [3.8, 4) is 5.69 Å². The van der Waals surface area contributed by atoms with Crippen LogP contribution in [0.2, 0.25) is 0 Å². The summed E-state index contributed by atoms with van der Waals surface area (Å²) in [5, 5.41) is 10.3. The van der Waals surface area contributed by atoms with E-state index in [0.717, 1.165) is 29.2 Å². The minimum Gasteiger partial charge on any atom is -0.355 e. The molecule has 1 aliphatic carbocycles. The van der Waals surface area contributed by atoms with Crippen LogP contribution in [0.3, 0.4) is 0 Å². The summed E-state index contributed by atoms with van der Waals surface area (Å²) in [6.07, 6.45) is 1.21. The summed E-state index contributed by atoms with van der Waals surface area (Å²) in [6.45, 7) is 6.23. The van der Waals surface area contributed by atoms with Gasteiger partial charge in [0.2, 0.25) is 11.8 Å². The van der Waals surface area contributed by atoms with E-state index in [9.17, 15) is 9.59 Å². The average molecular weight is 340 g/mol. The molecule has 0 spiro atoms. The van der Waals surface area contributed by atoms with Crippen molar-refractivity contribution in [2.75, 3.05) is 11.9 Å². The zero-order chi connectivity index (χ0) is 18.0. The second-order valence-corrected chi connectivity index (χ2v) is 6.70. The Morgan fingerprint density at radius 2 is 1.92 bits per heavy atom. The van der Waals surface area contributed by atoms with Crippen molar-refractivity contribution in [1.82, 2.24) is 15.1 Å². The van der Waals surface area contributed by atoms with Crippen LogP contribution in [0.5, 0.6) is 0 Å². The van der Waals surface area contributed by atoms with Crippen LogP contribution in [0.4, 0.5) is 5.69 Å². The molecule has 25 heavy (non-hydrogen) atoms. The molecular weight excluding hydrogens is 316 g/mol. The lowest BCUT2D eigenvalue weighted by Gasteiger charge is -2.08. The number of benzene rings is 1. The van der Waals surface area contributed by atoms with Crippen molar-refractivity contribution in [2.45, 2.75) is 33.6 Å². The molecule has 132 valence electrons. The third kappa shape index (κ3) is 3.90. The van der Waals surface area contributed by atoms with E-state index in [4.69, 9.17) is 0 Å². The Labute approximate surface area is 147 Å². The molecule has 0 radical (unpaired) electrons. The van der Waals surface area contributed by atoms with Gasteiger partial charge < -0.3 is 10.6 Å². The van der Waals surface area contributed by atoms with Gasteiger partial charge in [0.25, 0.3) is 0 Å². The largest absolute Gasteiger partial charge is 0.355 e. The average Bonchev–Trinajstić information content (AvgIpc) is 3.27. The Kier molecular flexibility index (Phi) is 4.88. The number of nitrogens with one attached hydrogen (secondary N) is 2. The third-order valence-corrected chi connectivity index (χ3v) is 4.65. The van der Waals surface area contributed by atoms with Gasteiger partial charge in [-0.05, 0) is 38.3 Å². The molecule has 0 bridgehead atoms. The molecule has 0 saturated heterocycles. The van der Waals surface area contributed by atoms with Crippen LogP contribution in [0, 0.1) is 25.7 Å². The van der Waals surface area contributed by atoms with Crippen LogP contribution in [-0.4, -0.2) is 28.1 Å². The minimum atomic E-state index is -0.122. The molecule has 1 heterocycles. The first-order chi connectivity index (χ1) is 12.0. The zero-order valence-electron chi connectivity index (χ0n) is 14.9. The number of para-hydroxylation sites is 1. The van der Waals surface area contributed by atoms with Crippen molar-refractivity contribution < 1.29 is 9.59 Å². The molecule has 2 unspecified atom stereocenters. The zero-order valence-corrected chi connectivity index (χ0v) is 14.9. The van der Waals surface area contributed by atoms with E-state index in [1.165, 1.54) is 0 Å². The van der Waals surface area contributed by atoms with Gasteiger partial charge in [-0.1, -0.05) is 25.1 Å². The molecule has 2 atom stereocenters. The predicted octanol–water partition coefficient (Wildman–Crippen LogP) is 2.59. The smallest absolute Gasteiger partial charge is 0.226 e. The number of aromatic nitrogens is 2. The fourth-order valence-electron chi connectivity index (χ4n) is 2.96.